The summed E-state index contributed by atoms with van der Waals surface area (Å²) < 4.78 is 20.2. The Hall–Kier alpha value is -1.80. The lowest BCUT2D eigenvalue weighted by Gasteiger charge is -2.31. The third-order valence-electron chi connectivity index (χ3n) is 4.40. The quantitative estimate of drug-likeness (QED) is 0.859. The van der Waals surface area contributed by atoms with E-state index >= 15 is 0 Å². The second-order valence-electron chi connectivity index (χ2n) is 6.10. The first-order valence-electron chi connectivity index (χ1n) is 7.86. The highest BCUT2D eigenvalue weighted by Crippen LogP contribution is 2.25. The Bertz CT molecular complexity index is 586. The van der Waals surface area contributed by atoms with Crippen LogP contribution in [0.1, 0.15) is 12.6 Å². The molecule has 126 valence electrons. The van der Waals surface area contributed by atoms with Crippen LogP contribution in [0.5, 0.6) is 0 Å². The van der Waals surface area contributed by atoms with Crippen LogP contribution in [-0.4, -0.2) is 71.4 Å². The Morgan fingerprint density at radius 1 is 1.39 bits per heavy atom. The highest BCUT2D eigenvalue weighted by molar-refractivity contribution is 5.69. The maximum absolute atomic E-state index is 14.6. The molecule has 2 aliphatic rings. The third kappa shape index (κ3) is 3.42. The molecule has 0 radical (unpaired) electrons. The first kappa shape index (κ1) is 16.1. The van der Waals surface area contributed by atoms with E-state index in [4.69, 9.17) is 9.84 Å². The lowest BCUT2D eigenvalue weighted by Crippen LogP contribution is -2.46. The number of anilines is 1. The van der Waals surface area contributed by atoms with E-state index in [0.717, 1.165) is 0 Å². The van der Waals surface area contributed by atoms with Crippen molar-refractivity contribution in [3.05, 3.63) is 17.8 Å². The van der Waals surface area contributed by atoms with Crippen LogP contribution in [-0.2, 0) is 16.0 Å². The predicted octanol–water partition coefficient (Wildman–Crippen LogP) is 0.400. The number of carboxylic acids is 1. The first-order chi connectivity index (χ1) is 11.1. The summed E-state index contributed by atoms with van der Waals surface area (Å²) in [5.74, 6) is -0.793. The van der Waals surface area contributed by atoms with Crippen LogP contribution in [0.25, 0.3) is 0 Å². The van der Waals surface area contributed by atoms with Gasteiger partial charge in [-0.25, -0.2) is 14.4 Å². The summed E-state index contributed by atoms with van der Waals surface area (Å²) in [4.78, 5) is 23.0. The maximum Gasteiger partial charge on any atom is 0.317 e. The van der Waals surface area contributed by atoms with Crippen molar-refractivity contribution in [1.29, 1.82) is 0 Å². The van der Waals surface area contributed by atoms with Gasteiger partial charge in [0, 0.05) is 25.6 Å². The van der Waals surface area contributed by atoms with Crippen molar-refractivity contribution in [2.24, 2.45) is 5.92 Å². The zero-order chi connectivity index (χ0) is 16.4. The SMILES string of the molecule is CCc1ncnc(N2C[C@@H]3COC[C@H](C2)N(CC(=O)O)C3)c1F. The molecule has 2 fully saturated rings. The number of nitrogens with zero attached hydrogens (tertiary/aromatic N) is 4. The van der Waals surface area contributed by atoms with E-state index < -0.39 is 5.97 Å². The summed E-state index contributed by atoms with van der Waals surface area (Å²) >= 11 is 0. The van der Waals surface area contributed by atoms with Gasteiger partial charge >= 0.3 is 5.97 Å². The third-order valence-corrected chi connectivity index (χ3v) is 4.40. The molecule has 0 aliphatic carbocycles. The summed E-state index contributed by atoms with van der Waals surface area (Å²) in [7, 11) is 0. The normalized spacial score (nSPS) is 25.2. The van der Waals surface area contributed by atoms with Crippen LogP contribution in [0.3, 0.4) is 0 Å². The first-order valence-corrected chi connectivity index (χ1v) is 7.86. The van der Waals surface area contributed by atoms with Crippen LogP contribution in [0.4, 0.5) is 10.2 Å². The van der Waals surface area contributed by atoms with Gasteiger partial charge in [0.25, 0.3) is 0 Å². The summed E-state index contributed by atoms with van der Waals surface area (Å²) in [6.45, 7) is 4.58. The Morgan fingerprint density at radius 2 is 2.22 bits per heavy atom. The van der Waals surface area contributed by atoms with Gasteiger partial charge < -0.3 is 14.7 Å². The molecule has 2 aliphatic heterocycles. The summed E-state index contributed by atoms with van der Waals surface area (Å²) in [6.07, 6.45) is 1.90. The minimum atomic E-state index is -0.856. The maximum atomic E-state index is 14.6. The summed E-state index contributed by atoms with van der Waals surface area (Å²) in [5.41, 5.74) is 0.406. The molecule has 0 saturated carbocycles. The minimum absolute atomic E-state index is 0.0230. The van der Waals surface area contributed by atoms with Gasteiger partial charge in [-0.15, -0.1) is 0 Å². The fraction of sp³-hybridized carbons (Fsp3) is 0.667. The van der Waals surface area contributed by atoms with Crippen LogP contribution >= 0.6 is 0 Å². The number of fused-ring (bicyclic) bond motifs is 3. The van der Waals surface area contributed by atoms with E-state index in [1.165, 1.54) is 6.33 Å². The monoisotopic (exact) mass is 324 g/mol. The molecule has 3 heterocycles. The topological polar surface area (TPSA) is 78.8 Å². The van der Waals surface area contributed by atoms with Crippen LogP contribution in [0, 0.1) is 11.7 Å². The second-order valence-corrected chi connectivity index (χ2v) is 6.10. The molecule has 0 aromatic carbocycles. The number of hydrogen-bond acceptors (Lipinski definition) is 6. The van der Waals surface area contributed by atoms with E-state index in [1.807, 2.05) is 16.7 Å². The molecular weight excluding hydrogens is 303 g/mol. The van der Waals surface area contributed by atoms with Gasteiger partial charge in [0.15, 0.2) is 11.6 Å². The van der Waals surface area contributed by atoms with Gasteiger partial charge in [-0.1, -0.05) is 6.92 Å². The van der Waals surface area contributed by atoms with E-state index in [9.17, 15) is 9.18 Å². The molecule has 0 unspecified atom stereocenters. The largest absolute Gasteiger partial charge is 0.480 e. The molecule has 1 aromatic rings. The van der Waals surface area contributed by atoms with Gasteiger partial charge in [-0.2, -0.15) is 0 Å². The Balaban J connectivity index is 1.87. The van der Waals surface area contributed by atoms with Crippen molar-refractivity contribution in [3.63, 3.8) is 0 Å². The second kappa shape index (κ2) is 6.76. The number of carboxylic acid groups (broad SMARTS) is 1. The average Bonchev–Trinajstić information content (AvgIpc) is 2.76. The molecule has 2 atom stereocenters. The number of hydrogen-bond donors (Lipinski definition) is 1. The molecule has 7 nitrogen and oxygen atoms in total. The van der Waals surface area contributed by atoms with Crippen molar-refractivity contribution in [2.45, 2.75) is 19.4 Å². The molecule has 3 rings (SSSR count). The van der Waals surface area contributed by atoms with Crippen molar-refractivity contribution in [2.75, 3.05) is 44.3 Å². The molecule has 0 amide bonds. The van der Waals surface area contributed by atoms with Gasteiger partial charge in [0.05, 0.1) is 31.5 Å². The molecule has 1 N–H and O–H groups in total. The Morgan fingerprint density at radius 3 is 2.96 bits per heavy atom. The highest BCUT2D eigenvalue weighted by Gasteiger charge is 2.35. The van der Waals surface area contributed by atoms with Crippen molar-refractivity contribution >= 4 is 11.8 Å². The lowest BCUT2D eigenvalue weighted by molar-refractivity contribution is -0.138. The van der Waals surface area contributed by atoms with Crippen molar-refractivity contribution in [3.8, 4) is 0 Å². The molecule has 2 saturated heterocycles. The smallest absolute Gasteiger partial charge is 0.317 e. The average molecular weight is 324 g/mol. The number of aryl methyl sites for hydroxylation is 1. The number of aliphatic carboxylic acids is 1. The van der Waals surface area contributed by atoms with E-state index in [-0.39, 0.29) is 24.3 Å². The number of halogens is 1. The number of rotatable bonds is 4. The number of aromatic nitrogens is 2. The van der Waals surface area contributed by atoms with Crippen LogP contribution < -0.4 is 4.90 Å². The lowest BCUT2D eigenvalue weighted by atomic mass is 10.1. The molecule has 0 spiro atoms. The van der Waals surface area contributed by atoms with Crippen LogP contribution in [0.15, 0.2) is 6.33 Å². The Kier molecular flexibility index (Phi) is 4.72. The van der Waals surface area contributed by atoms with E-state index in [1.54, 1.807) is 0 Å². The standard InChI is InChI=1S/C15H21FN4O3/c1-2-12-14(16)15(18-9-17-12)20-4-10-3-19(6-13(21)22)11(5-20)8-23-7-10/h9-11H,2-8H2,1H3,(H,21,22)/t10-,11+/m1/s1. The van der Waals surface area contributed by atoms with E-state index in [2.05, 4.69) is 9.97 Å². The Labute approximate surface area is 134 Å². The molecular formula is C15H21FN4O3. The van der Waals surface area contributed by atoms with Gasteiger partial charge in [0.2, 0.25) is 0 Å². The fourth-order valence-corrected chi connectivity index (χ4v) is 3.33. The van der Waals surface area contributed by atoms with Gasteiger partial charge in [0.1, 0.15) is 6.33 Å². The number of ether oxygens (including phenoxy) is 1. The van der Waals surface area contributed by atoms with E-state index in [0.29, 0.717) is 50.8 Å². The molecule has 1 aromatic heterocycles. The molecule has 23 heavy (non-hydrogen) atoms. The van der Waals surface area contributed by atoms with Gasteiger partial charge in [-0.05, 0) is 6.42 Å². The van der Waals surface area contributed by atoms with Crippen LogP contribution in [0.2, 0.25) is 0 Å². The van der Waals surface area contributed by atoms with Crippen molar-refractivity contribution < 1.29 is 19.0 Å². The molecule has 2 bridgehead atoms. The summed E-state index contributed by atoms with van der Waals surface area (Å²) in [5, 5.41) is 9.10. The van der Waals surface area contributed by atoms with Crippen molar-refractivity contribution in [1.82, 2.24) is 14.9 Å². The zero-order valence-electron chi connectivity index (χ0n) is 13.1. The zero-order valence-corrected chi connectivity index (χ0v) is 13.1. The van der Waals surface area contributed by atoms with Gasteiger partial charge in [-0.3, -0.25) is 9.69 Å². The summed E-state index contributed by atoms with van der Waals surface area (Å²) in [6, 6.07) is -0.0851. The highest BCUT2D eigenvalue weighted by atomic mass is 19.1. The fourth-order valence-electron chi connectivity index (χ4n) is 3.33. The minimum Gasteiger partial charge on any atom is -0.480 e. The molecule has 8 heteroatoms. The predicted molar refractivity (Wildman–Crippen MR) is 80.9 cm³/mol. The number of carbonyl (C=O) groups is 1.